The molecule has 23 heavy (non-hydrogen) atoms. The third-order valence-corrected chi connectivity index (χ3v) is 5.79. The molecule has 2 N–H and O–H groups in total. The lowest BCUT2D eigenvalue weighted by Crippen LogP contribution is -2.48. The zero-order valence-corrected chi connectivity index (χ0v) is 14.8. The number of likely N-dealkylation sites (tertiary alicyclic amines) is 1. The van der Waals surface area contributed by atoms with Crippen LogP contribution in [0.3, 0.4) is 0 Å². The predicted octanol–water partition coefficient (Wildman–Crippen LogP) is 2.91. The summed E-state index contributed by atoms with van der Waals surface area (Å²) in [4.78, 5) is 7.14. The molecule has 0 spiro atoms. The molecule has 3 aliphatic rings. The second-order valence-electron chi connectivity index (χ2n) is 7.53. The zero-order valence-electron chi connectivity index (χ0n) is 14.8. The van der Waals surface area contributed by atoms with Crippen molar-refractivity contribution in [3.63, 3.8) is 0 Å². The molecular formula is C19H34N4. The maximum Gasteiger partial charge on any atom is 0.191 e. The second-order valence-corrected chi connectivity index (χ2v) is 7.53. The summed E-state index contributed by atoms with van der Waals surface area (Å²) in [7, 11) is 1.88. The fraction of sp³-hybridized carbons (Fsp3) is 0.842. The Bertz CT molecular complexity index is 404. The lowest BCUT2D eigenvalue weighted by atomic mass is 9.89. The Morgan fingerprint density at radius 2 is 1.87 bits per heavy atom. The molecule has 0 radical (unpaired) electrons. The van der Waals surface area contributed by atoms with E-state index in [0.29, 0.717) is 12.1 Å². The minimum Gasteiger partial charge on any atom is -0.355 e. The quantitative estimate of drug-likeness (QED) is 0.465. The van der Waals surface area contributed by atoms with Crippen molar-refractivity contribution in [2.75, 3.05) is 26.7 Å². The van der Waals surface area contributed by atoms with E-state index in [1.807, 2.05) is 7.05 Å². The molecular weight excluding hydrogens is 284 g/mol. The first kappa shape index (κ1) is 16.8. The van der Waals surface area contributed by atoms with E-state index in [4.69, 9.17) is 0 Å². The molecule has 0 aromatic rings. The first-order chi connectivity index (χ1) is 11.3. The van der Waals surface area contributed by atoms with Gasteiger partial charge >= 0.3 is 0 Å². The van der Waals surface area contributed by atoms with Crippen molar-refractivity contribution in [3.8, 4) is 0 Å². The zero-order chi connectivity index (χ0) is 15.9. The summed E-state index contributed by atoms with van der Waals surface area (Å²) in [6.45, 7) is 3.65. The molecule has 1 heterocycles. The smallest absolute Gasteiger partial charge is 0.191 e. The van der Waals surface area contributed by atoms with E-state index >= 15 is 0 Å². The summed E-state index contributed by atoms with van der Waals surface area (Å²) >= 11 is 0. The van der Waals surface area contributed by atoms with Crippen molar-refractivity contribution >= 4 is 5.96 Å². The van der Waals surface area contributed by atoms with Crippen LogP contribution in [0, 0.1) is 5.92 Å². The van der Waals surface area contributed by atoms with Gasteiger partial charge in [0.15, 0.2) is 5.96 Å². The highest BCUT2D eigenvalue weighted by molar-refractivity contribution is 5.80. The molecule has 1 aliphatic heterocycles. The van der Waals surface area contributed by atoms with Crippen LogP contribution in [0.15, 0.2) is 17.1 Å². The van der Waals surface area contributed by atoms with Crippen molar-refractivity contribution < 1.29 is 0 Å². The topological polar surface area (TPSA) is 39.7 Å². The SMILES string of the molecule is CN=C(NCC1CCCN1CC1CCCCC1)NC1CC=CC1. The van der Waals surface area contributed by atoms with Gasteiger partial charge in [0.25, 0.3) is 0 Å². The minimum atomic E-state index is 0.531. The van der Waals surface area contributed by atoms with Crippen LogP contribution in [0.5, 0.6) is 0 Å². The minimum absolute atomic E-state index is 0.531. The van der Waals surface area contributed by atoms with Gasteiger partial charge in [-0.1, -0.05) is 31.4 Å². The standard InChI is InChI=1S/C19H34N4/c1-20-19(22-17-10-5-6-11-17)21-14-18-12-7-13-23(18)15-16-8-3-2-4-9-16/h5-6,16-18H,2-4,7-15H2,1H3,(H2,20,21,22). The highest BCUT2D eigenvalue weighted by Gasteiger charge is 2.27. The highest BCUT2D eigenvalue weighted by atomic mass is 15.2. The van der Waals surface area contributed by atoms with Gasteiger partial charge in [0.05, 0.1) is 0 Å². The average Bonchev–Trinajstić information content (AvgIpc) is 3.24. The van der Waals surface area contributed by atoms with Crippen LogP contribution >= 0.6 is 0 Å². The van der Waals surface area contributed by atoms with Gasteiger partial charge in [-0.05, 0) is 51.0 Å². The molecule has 1 atom stereocenters. The Balaban J connectivity index is 1.42. The van der Waals surface area contributed by atoms with E-state index in [-0.39, 0.29) is 0 Å². The van der Waals surface area contributed by atoms with Crippen LogP contribution in [-0.2, 0) is 0 Å². The molecule has 0 aromatic heterocycles. The first-order valence-electron chi connectivity index (χ1n) is 9.71. The normalized spacial score (nSPS) is 27.7. The molecule has 2 aliphatic carbocycles. The van der Waals surface area contributed by atoms with Crippen molar-refractivity contribution in [3.05, 3.63) is 12.2 Å². The fourth-order valence-electron chi connectivity index (χ4n) is 4.41. The molecule has 1 unspecified atom stereocenters. The Hall–Kier alpha value is -1.03. The van der Waals surface area contributed by atoms with Crippen LogP contribution < -0.4 is 10.6 Å². The van der Waals surface area contributed by atoms with E-state index < -0.39 is 0 Å². The highest BCUT2D eigenvalue weighted by Crippen LogP contribution is 2.27. The summed E-state index contributed by atoms with van der Waals surface area (Å²) in [6, 6.07) is 1.22. The molecule has 4 nitrogen and oxygen atoms in total. The van der Waals surface area contributed by atoms with E-state index in [9.17, 15) is 0 Å². The molecule has 0 amide bonds. The Kier molecular flexibility index (Phi) is 6.37. The van der Waals surface area contributed by atoms with Gasteiger partial charge < -0.3 is 10.6 Å². The van der Waals surface area contributed by atoms with Gasteiger partial charge in [-0.25, -0.2) is 0 Å². The van der Waals surface area contributed by atoms with Gasteiger partial charge in [-0.2, -0.15) is 0 Å². The van der Waals surface area contributed by atoms with Crippen LogP contribution in [0.2, 0.25) is 0 Å². The summed E-state index contributed by atoms with van der Waals surface area (Å²) in [5, 5.41) is 7.12. The van der Waals surface area contributed by atoms with Crippen molar-refractivity contribution in [1.82, 2.24) is 15.5 Å². The van der Waals surface area contributed by atoms with E-state index in [1.165, 1.54) is 58.0 Å². The van der Waals surface area contributed by atoms with E-state index in [1.54, 1.807) is 0 Å². The number of aliphatic imine (C=N–C) groups is 1. The third-order valence-electron chi connectivity index (χ3n) is 5.79. The average molecular weight is 319 g/mol. The Morgan fingerprint density at radius 1 is 1.09 bits per heavy atom. The predicted molar refractivity (Wildman–Crippen MR) is 97.8 cm³/mol. The third kappa shape index (κ3) is 4.97. The number of hydrogen-bond acceptors (Lipinski definition) is 2. The number of nitrogens with one attached hydrogen (secondary N) is 2. The maximum atomic E-state index is 4.40. The number of rotatable bonds is 5. The number of guanidine groups is 1. The van der Waals surface area contributed by atoms with Gasteiger partial charge in [-0.15, -0.1) is 0 Å². The van der Waals surface area contributed by atoms with Gasteiger partial charge in [0.1, 0.15) is 0 Å². The Morgan fingerprint density at radius 3 is 2.61 bits per heavy atom. The molecule has 2 fully saturated rings. The monoisotopic (exact) mass is 318 g/mol. The van der Waals surface area contributed by atoms with Crippen molar-refractivity contribution in [1.29, 1.82) is 0 Å². The summed E-state index contributed by atoms with van der Waals surface area (Å²) in [5.41, 5.74) is 0. The molecule has 1 saturated carbocycles. The van der Waals surface area contributed by atoms with Gasteiger partial charge in [-0.3, -0.25) is 9.89 Å². The molecule has 3 rings (SSSR count). The summed E-state index contributed by atoms with van der Waals surface area (Å²) < 4.78 is 0. The second kappa shape index (κ2) is 8.72. The fourth-order valence-corrected chi connectivity index (χ4v) is 4.41. The van der Waals surface area contributed by atoms with E-state index in [0.717, 1.165) is 31.3 Å². The molecule has 1 saturated heterocycles. The maximum absolute atomic E-state index is 4.40. The molecule has 0 bridgehead atoms. The summed E-state index contributed by atoms with van der Waals surface area (Å²) in [6.07, 6.45) is 16.7. The van der Waals surface area contributed by atoms with Crippen LogP contribution in [0.1, 0.15) is 57.8 Å². The van der Waals surface area contributed by atoms with Crippen LogP contribution in [0.25, 0.3) is 0 Å². The largest absolute Gasteiger partial charge is 0.355 e. The lowest BCUT2D eigenvalue weighted by molar-refractivity contribution is 0.188. The first-order valence-corrected chi connectivity index (χ1v) is 9.71. The van der Waals surface area contributed by atoms with E-state index in [2.05, 4.69) is 32.7 Å². The van der Waals surface area contributed by atoms with Crippen LogP contribution in [-0.4, -0.2) is 49.6 Å². The van der Waals surface area contributed by atoms with Crippen molar-refractivity contribution in [2.24, 2.45) is 10.9 Å². The lowest BCUT2D eigenvalue weighted by Gasteiger charge is -2.31. The summed E-state index contributed by atoms with van der Waals surface area (Å²) in [5.74, 6) is 1.93. The number of hydrogen-bond donors (Lipinski definition) is 2. The van der Waals surface area contributed by atoms with Crippen molar-refractivity contribution in [2.45, 2.75) is 69.9 Å². The van der Waals surface area contributed by atoms with Crippen LogP contribution in [0.4, 0.5) is 0 Å². The molecule has 130 valence electrons. The molecule has 0 aromatic carbocycles. The Labute approximate surface area is 141 Å². The molecule has 4 heteroatoms. The number of nitrogens with zero attached hydrogens (tertiary/aromatic N) is 2. The van der Waals surface area contributed by atoms with Gasteiger partial charge in [0.2, 0.25) is 0 Å². The van der Waals surface area contributed by atoms with Gasteiger partial charge in [0, 0.05) is 32.2 Å².